The van der Waals surface area contributed by atoms with Crippen LogP contribution in [0.4, 0.5) is 0 Å². The second-order valence-electron chi connectivity index (χ2n) is 6.92. The van der Waals surface area contributed by atoms with Gasteiger partial charge in [-0.05, 0) is 29.7 Å². The van der Waals surface area contributed by atoms with Crippen molar-refractivity contribution < 1.29 is 9.35 Å². The van der Waals surface area contributed by atoms with Crippen molar-refractivity contribution in [2.75, 3.05) is 24.6 Å². The summed E-state index contributed by atoms with van der Waals surface area (Å²) in [5.74, 6) is 2.49. The molecule has 0 aromatic heterocycles. The van der Waals surface area contributed by atoms with Gasteiger partial charge in [-0.3, -0.25) is 4.79 Å². The number of hydrogen-bond donors (Lipinski definition) is 0. The number of carbonyl (C=O) groups is 1. The Hall–Kier alpha value is -0.480. The van der Waals surface area contributed by atoms with E-state index < -0.39 is 11.2 Å². The summed E-state index contributed by atoms with van der Waals surface area (Å²) < 4.78 is 11.3. The van der Waals surface area contributed by atoms with Crippen LogP contribution in [0.1, 0.15) is 40.0 Å². The fraction of sp³-hybridized carbons (Fsp3) is 0.812. The van der Waals surface area contributed by atoms with E-state index in [1.54, 1.807) is 6.08 Å². The van der Waals surface area contributed by atoms with E-state index in [0.717, 1.165) is 0 Å². The fourth-order valence-corrected chi connectivity index (χ4v) is 4.65. The van der Waals surface area contributed by atoms with E-state index in [0.29, 0.717) is 36.4 Å². The predicted molar refractivity (Wildman–Crippen MR) is 83.9 cm³/mol. The molecule has 0 radical (unpaired) electrons. The molecule has 2 fully saturated rings. The highest BCUT2D eigenvalue weighted by Gasteiger charge is 2.35. The molecule has 1 amide bonds. The van der Waals surface area contributed by atoms with Gasteiger partial charge in [0, 0.05) is 0 Å². The van der Waals surface area contributed by atoms with Crippen molar-refractivity contribution in [3.63, 3.8) is 0 Å². The second kappa shape index (κ2) is 6.52. The van der Waals surface area contributed by atoms with Crippen molar-refractivity contribution in [1.82, 2.24) is 4.90 Å². The molecule has 20 heavy (non-hydrogen) atoms. The Balaban J connectivity index is 1.95. The number of hydrogen-bond acceptors (Lipinski definition) is 2. The molecule has 0 spiro atoms. The molecule has 1 aliphatic heterocycles. The topological polar surface area (TPSA) is 43.4 Å². The normalized spacial score (nSPS) is 31.7. The van der Waals surface area contributed by atoms with Crippen LogP contribution in [-0.2, 0) is 16.0 Å². The summed E-state index contributed by atoms with van der Waals surface area (Å²) in [4.78, 5) is 14.0. The molecule has 2 atom stereocenters. The molecule has 0 aromatic rings. The van der Waals surface area contributed by atoms with E-state index in [-0.39, 0.29) is 11.3 Å². The van der Waals surface area contributed by atoms with Gasteiger partial charge in [0.05, 0.1) is 13.1 Å². The molecule has 1 aliphatic carbocycles. The Kier molecular flexibility index (Phi) is 5.19. The van der Waals surface area contributed by atoms with Gasteiger partial charge in [-0.1, -0.05) is 50.9 Å². The first-order valence-corrected chi connectivity index (χ1v) is 9.21. The van der Waals surface area contributed by atoms with E-state index in [9.17, 15) is 9.35 Å². The van der Waals surface area contributed by atoms with Crippen LogP contribution in [0, 0.1) is 17.3 Å². The minimum atomic E-state index is -0.722. The van der Waals surface area contributed by atoms with Gasteiger partial charge in [-0.15, -0.1) is 0 Å². The Labute approximate surface area is 126 Å². The van der Waals surface area contributed by atoms with E-state index in [1.165, 1.54) is 19.3 Å². The monoisotopic (exact) mass is 297 g/mol. The van der Waals surface area contributed by atoms with E-state index in [2.05, 4.69) is 26.8 Å². The highest BCUT2D eigenvalue weighted by molar-refractivity contribution is 7.91. The van der Waals surface area contributed by atoms with E-state index in [1.807, 2.05) is 4.90 Å². The molecule has 1 saturated carbocycles. The smallest absolute Gasteiger partial charge is 0.246 e. The molecule has 114 valence electrons. The maximum absolute atomic E-state index is 12.2. The number of nitrogens with zero attached hydrogens (tertiary/aromatic N) is 1. The molecule has 3 nitrogen and oxygen atoms in total. The predicted octanol–water partition coefficient (Wildman–Crippen LogP) is 2.60. The molecule has 4 heteroatoms. The van der Waals surface area contributed by atoms with Crippen LogP contribution in [-0.4, -0.2) is 40.0 Å². The van der Waals surface area contributed by atoms with Crippen molar-refractivity contribution in [2.24, 2.45) is 17.3 Å². The second-order valence-corrected chi connectivity index (χ2v) is 8.61. The molecule has 0 aromatic carbocycles. The Bertz CT molecular complexity index is 373. The van der Waals surface area contributed by atoms with Crippen LogP contribution >= 0.6 is 0 Å². The molecule has 0 N–H and O–H groups in total. The molecule has 2 aliphatic rings. The first-order valence-electron chi connectivity index (χ1n) is 7.72. The van der Waals surface area contributed by atoms with Gasteiger partial charge in [0.25, 0.3) is 0 Å². The number of rotatable bonds is 2. The van der Waals surface area contributed by atoms with Crippen LogP contribution in [0.15, 0.2) is 12.2 Å². The third-order valence-corrected chi connectivity index (χ3v) is 6.21. The lowest BCUT2D eigenvalue weighted by Crippen LogP contribution is -2.43. The summed E-state index contributed by atoms with van der Waals surface area (Å²) in [6.07, 6.45) is 7.70. The highest BCUT2D eigenvalue weighted by atomic mass is 32.2. The van der Waals surface area contributed by atoms with Gasteiger partial charge in [-0.2, -0.15) is 0 Å². The quantitative estimate of drug-likeness (QED) is 0.581. The van der Waals surface area contributed by atoms with Crippen molar-refractivity contribution >= 4 is 17.1 Å². The molecule has 2 rings (SSSR count). The SMILES string of the molecule is CC1CCCC(C)(C)C1/C=C/C(=O)N1CC[S+]([O-])CC1. The zero-order valence-electron chi connectivity index (χ0n) is 12.9. The lowest BCUT2D eigenvalue weighted by molar-refractivity contribution is -0.125. The lowest BCUT2D eigenvalue weighted by atomic mass is 9.64. The maximum Gasteiger partial charge on any atom is 0.246 e. The maximum atomic E-state index is 12.2. The molecule has 2 unspecified atom stereocenters. The fourth-order valence-electron chi connectivity index (χ4n) is 3.60. The minimum absolute atomic E-state index is 0.0928. The summed E-state index contributed by atoms with van der Waals surface area (Å²) in [6.45, 7) is 8.20. The lowest BCUT2D eigenvalue weighted by Gasteiger charge is -2.41. The van der Waals surface area contributed by atoms with Crippen molar-refractivity contribution in [3.05, 3.63) is 12.2 Å². The number of allylic oxidation sites excluding steroid dienone is 1. The summed E-state index contributed by atoms with van der Waals surface area (Å²) >= 11 is -0.722. The van der Waals surface area contributed by atoms with Crippen LogP contribution in [0.2, 0.25) is 0 Å². The van der Waals surface area contributed by atoms with Gasteiger partial charge in [0.2, 0.25) is 5.91 Å². The van der Waals surface area contributed by atoms with Gasteiger partial charge in [0.15, 0.2) is 0 Å². The molecule has 1 saturated heterocycles. The highest BCUT2D eigenvalue weighted by Crippen LogP contribution is 2.44. The molecule has 1 heterocycles. The minimum Gasteiger partial charge on any atom is -0.616 e. The van der Waals surface area contributed by atoms with Gasteiger partial charge >= 0.3 is 0 Å². The summed E-state index contributed by atoms with van der Waals surface area (Å²) in [6, 6.07) is 0. The van der Waals surface area contributed by atoms with Gasteiger partial charge < -0.3 is 9.45 Å². The van der Waals surface area contributed by atoms with Crippen molar-refractivity contribution in [3.8, 4) is 0 Å². The Morgan fingerprint density at radius 2 is 2.00 bits per heavy atom. The van der Waals surface area contributed by atoms with Gasteiger partial charge in [0.1, 0.15) is 11.5 Å². The zero-order chi connectivity index (χ0) is 14.8. The first-order chi connectivity index (χ1) is 9.40. The van der Waals surface area contributed by atoms with Crippen LogP contribution < -0.4 is 0 Å². The average Bonchev–Trinajstić information content (AvgIpc) is 2.38. The van der Waals surface area contributed by atoms with Crippen molar-refractivity contribution in [2.45, 2.75) is 40.0 Å². The Morgan fingerprint density at radius 3 is 2.60 bits per heavy atom. The summed E-state index contributed by atoms with van der Waals surface area (Å²) in [5.41, 5.74) is 0.290. The zero-order valence-corrected chi connectivity index (χ0v) is 13.7. The third kappa shape index (κ3) is 3.79. The standard InChI is InChI=1S/C16H27NO2S/c1-13-5-4-8-16(2,3)14(13)6-7-15(18)17-9-11-20(19)12-10-17/h6-7,13-14H,4-5,8-12H2,1-3H3/b7-6+. The van der Waals surface area contributed by atoms with Gasteiger partial charge in [-0.25, -0.2) is 0 Å². The Morgan fingerprint density at radius 1 is 1.35 bits per heavy atom. The van der Waals surface area contributed by atoms with Crippen LogP contribution in [0.25, 0.3) is 0 Å². The molecule has 0 bridgehead atoms. The van der Waals surface area contributed by atoms with E-state index >= 15 is 0 Å². The largest absolute Gasteiger partial charge is 0.616 e. The molecular formula is C16H27NO2S. The van der Waals surface area contributed by atoms with Crippen LogP contribution in [0.3, 0.4) is 0 Å². The number of amides is 1. The first kappa shape index (κ1) is 15.9. The summed E-state index contributed by atoms with van der Waals surface area (Å²) in [5, 5.41) is 0. The van der Waals surface area contributed by atoms with Crippen molar-refractivity contribution in [1.29, 1.82) is 0 Å². The number of carbonyl (C=O) groups excluding carboxylic acids is 1. The third-order valence-electron chi connectivity index (χ3n) is 4.93. The van der Waals surface area contributed by atoms with Crippen LogP contribution in [0.5, 0.6) is 0 Å². The molecular weight excluding hydrogens is 270 g/mol. The average molecular weight is 297 g/mol. The summed E-state index contributed by atoms with van der Waals surface area (Å²) in [7, 11) is 0. The van der Waals surface area contributed by atoms with E-state index in [4.69, 9.17) is 0 Å².